The molecule has 0 unspecified atom stereocenters. The Balaban J connectivity index is 1.90. The highest BCUT2D eigenvalue weighted by atomic mass is 16.5. The highest BCUT2D eigenvalue weighted by molar-refractivity contribution is 5.97. The van der Waals surface area contributed by atoms with E-state index in [0.717, 1.165) is 22.1 Å². The van der Waals surface area contributed by atoms with Crippen LogP contribution in [0.2, 0.25) is 0 Å². The lowest BCUT2D eigenvalue weighted by Crippen LogP contribution is -2.08. The molecule has 0 aromatic heterocycles. The van der Waals surface area contributed by atoms with Crippen molar-refractivity contribution in [2.45, 2.75) is 13.5 Å². The normalized spacial score (nSPS) is 10.4. The molecule has 3 rings (SSSR count). The highest BCUT2D eigenvalue weighted by Gasteiger charge is 2.12. The van der Waals surface area contributed by atoms with Crippen LogP contribution >= 0.6 is 0 Å². The van der Waals surface area contributed by atoms with Gasteiger partial charge in [0.05, 0.1) is 0 Å². The van der Waals surface area contributed by atoms with Crippen molar-refractivity contribution in [3.8, 4) is 11.5 Å². The van der Waals surface area contributed by atoms with Gasteiger partial charge >= 0.3 is 5.97 Å². The third-order valence-electron chi connectivity index (χ3n) is 3.63. The van der Waals surface area contributed by atoms with E-state index in [1.165, 1.54) is 0 Å². The summed E-state index contributed by atoms with van der Waals surface area (Å²) in [6, 6.07) is 21.3. The monoisotopic (exact) mass is 318 g/mol. The first-order valence-corrected chi connectivity index (χ1v) is 7.71. The van der Waals surface area contributed by atoms with Gasteiger partial charge in [-0.05, 0) is 24.6 Å². The number of hydrogen-bond acceptors (Lipinski definition) is 3. The summed E-state index contributed by atoms with van der Waals surface area (Å²) in [4.78, 5) is 11.8. The van der Waals surface area contributed by atoms with E-state index in [2.05, 4.69) is 6.58 Å². The standard InChI is InChI=1S/C21H18O3/c1-15(2)21(22)24-20-13-12-19(17-10-6-7-11-18(17)20)23-14-16-8-4-3-5-9-16/h3-13H,1,14H2,2H3. The van der Waals surface area contributed by atoms with Gasteiger partial charge in [0, 0.05) is 16.3 Å². The van der Waals surface area contributed by atoms with E-state index >= 15 is 0 Å². The molecule has 3 aromatic carbocycles. The molecule has 0 atom stereocenters. The van der Waals surface area contributed by atoms with Gasteiger partial charge in [-0.2, -0.15) is 0 Å². The largest absolute Gasteiger partial charge is 0.488 e. The van der Waals surface area contributed by atoms with E-state index in [-0.39, 0.29) is 0 Å². The summed E-state index contributed by atoms with van der Waals surface area (Å²) in [5.41, 5.74) is 1.46. The molecule has 0 bridgehead atoms. The van der Waals surface area contributed by atoms with Crippen LogP contribution in [0.25, 0.3) is 10.8 Å². The maximum atomic E-state index is 11.8. The molecule has 0 heterocycles. The van der Waals surface area contributed by atoms with Crippen molar-refractivity contribution in [2.75, 3.05) is 0 Å². The van der Waals surface area contributed by atoms with Crippen LogP contribution in [0.1, 0.15) is 12.5 Å². The summed E-state index contributed by atoms with van der Waals surface area (Å²) >= 11 is 0. The van der Waals surface area contributed by atoms with Gasteiger partial charge in [-0.25, -0.2) is 4.79 Å². The average Bonchev–Trinajstić information content (AvgIpc) is 2.61. The third kappa shape index (κ3) is 3.46. The van der Waals surface area contributed by atoms with Gasteiger partial charge in [0.15, 0.2) is 0 Å². The molecule has 0 aliphatic heterocycles. The Morgan fingerprint density at radius 2 is 1.46 bits per heavy atom. The molecule has 0 N–H and O–H groups in total. The molecule has 3 nitrogen and oxygen atoms in total. The number of rotatable bonds is 5. The van der Waals surface area contributed by atoms with Crippen LogP contribution in [0.5, 0.6) is 11.5 Å². The topological polar surface area (TPSA) is 35.5 Å². The molecule has 0 fully saturated rings. The Bertz CT molecular complexity index is 882. The minimum atomic E-state index is -0.432. The second-order valence-corrected chi connectivity index (χ2v) is 5.55. The lowest BCUT2D eigenvalue weighted by molar-refractivity contribution is -0.129. The fourth-order valence-electron chi connectivity index (χ4n) is 2.38. The van der Waals surface area contributed by atoms with Crippen molar-refractivity contribution in [3.05, 3.63) is 84.4 Å². The molecule has 0 radical (unpaired) electrons. The molecule has 3 heteroatoms. The summed E-state index contributed by atoms with van der Waals surface area (Å²) in [5, 5.41) is 1.73. The van der Waals surface area contributed by atoms with E-state index < -0.39 is 5.97 Å². The van der Waals surface area contributed by atoms with E-state index in [9.17, 15) is 4.79 Å². The highest BCUT2D eigenvalue weighted by Crippen LogP contribution is 2.33. The van der Waals surface area contributed by atoms with Gasteiger partial charge < -0.3 is 9.47 Å². The smallest absolute Gasteiger partial charge is 0.338 e. The van der Waals surface area contributed by atoms with Crippen LogP contribution in [0.4, 0.5) is 0 Å². The Kier molecular flexibility index (Phi) is 4.62. The number of carbonyl (C=O) groups excluding carboxylic acids is 1. The summed E-state index contributed by atoms with van der Waals surface area (Å²) < 4.78 is 11.4. The maximum absolute atomic E-state index is 11.8. The SMILES string of the molecule is C=C(C)C(=O)Oc1ccc(OCc2ccccc2)c2ccccc12. The summed E-state index contributed by atoms with van der Waals surface area (Å²) in [5.74, 6) is 0.827. The number of hydrogen-bond donors (Lipinski definition) is 0. The molecular weight excluding hydrogens is 300 g/mol. The quantitative estimate of drug-likeness (QED) is 0.381. The predicted octanol–water partition coefficient (Wildman–Crippen LogP) is 4.90. The third-order valence-corrected chi connectivity index (χ3v) is 3.63. The molecule has 0 saturated heterocycles. The van der Waals surface area contributed by atoms with Crippen molar-refractivity contribution >= 4 is 16.7 Å². The predicted molar refractivity (Wildman–Crippen MR) is 95.2 cm³/mol. The number of fused-ring (bicyclic) bond motifs is 1. The van der Waals surface area contributed by atoms with Gasteiger partial charge in [-0.15, -0.1) is 0 Å². The maximum Gasteiger partial charge on any atom is 0.338 e. The first kappa shape index (κ1) is 15.8. The van der Waals surface area contributed by atoms with Gasteiger partial charge in [0.1, 0.15) is 18.1 Å². The zero-order valence-corrected chi connectivity index (χ0v) is 13.5. The van der Waals surface area contributed by atoms with Gasteiger partial charge in [0.25, 0.3) is 0 Å². The van der Waals surface area contributed by atoms with Gasteiger partial charge in [0.2, 0.25) is 0 Å². The lowest BCUT2D eigenvalue weighted by Gasteiger charge is -2.13. The Hall–Kier alpha value is -3.07. The lowest BCUT2D eigenvalue weighted by atomic mass is 10.1. The first-order chi connectivity index (χ1) is 11.6. The van der Waals surface area contributed by atoms with Crippen LogP contribution in [-0.4, -0.2) is 5.97 Å². The summed E-state index contributed by atoms with van der Waals surface area (Å²) in [7, 11) is 0. The van der Waals surface area contributed by atoms with Crippen LogP contribution in [-0.2, 0) is 11.4 Å². The zero-order chi connectivity index (χ0) is 16.9. The van der Waals surface area contributed by atoms with Crippen LogP contribution in [0.3, 0.4) is 0 Å². The molecular formula is C21H18O3. The minimum Gasteiger partial charge on any atom is -0.488 e. The van der Waals surface area contributed by atoms with E-state index in [1.807, 2.05) is 60.7 Å². The Morgan fingerprint density at radius 1 is 0.875 bits per heavy atom. The molecule has 24 heavy (non-hydrogen) atoms. The van der Waals surface area contributed by atoms with E-state index in [1.54, 1.807) is 13.0 Å². The average molecular weight is 318 g/mol. The molecule has 3 aromatic rings. The number of carbonyl (C=O) groups is 1. The summed E-state index contributed by atoms with van der Waals surface area (Å²) in [6.45, 7) is 5.72. The molecule has 0 aliphatic carbocycles. The Morgan fingerprint density at radius 3 is 2.12 bits per heavy atom. The van der Waals surface area contributed by atoms with Crippen molar-refractivity contribution in [1.29, 1.82) is 0 Å². The number of benzene rings is 3. The van der Waals surface area contributed by atoms with Crippen molar-refractivity contribution in [2.24, 2.45) is 0 Å². The van der Waals surface area contributed by atoms with Gasteiger partial charge in [-0.3, -0.25) is 0 Å². The number of ether oxygens (including phenoxy) is 2. The second kappa shape index (κ2) is 7.01. The van der Waals surface area contributed by atoms with Crippen LogP contribution < -0.4 is 9.47 Å². The van der Waals surface area contributed by atoms with Crippen molar-refractivity contribution < 1.29 is 14.3 Å². The molecule has 0 saturated carbocycles. The van der Waals surface area contributed by atoms with E-state index in [4.69, 9.17) is 9.47 Å². The molecule has 120 valence electrons. The zero-order valence-electron chi connectivity index (χ0n) is 13.5. The number of esters is 1. The summed E-state index contributed by atoms with van der Waals surface area (Å²) in [6.07, 6.45) is 0. The fourth-order valence-corrected chi connectivity index (χ4v) is 2.38. The second-order valence-electron chi connectivity index (χ2n) is 5.55. The van der Waals surface area contributed by atoms with Crippen LogP contribution in [0.15, 0.2) is 78.9 Å². The van der Waals surface area contributed by atoms with Crippen LogP contribution in [0, 0.1) is 0 Å². The molecule has 0 amide bonds. The van der Waals surface area contributed by atoms with E-state index in [0.29, 0.717) is 17.9 Å². The van der Waals surface area contributed by atoms with Crippen molar-refractivity contribution in [3.63, 3.8) is 0 Å². The van der Waals surface area contributed by atoms with Gasteiger partial charge in [-0.1, -0.05) is 61.2 Å². The first-order valence-electron chi connectivity index (χ1n) is 7.71. The Labute approximate surface area is 141 Å². The minimum absolute atomic E-state index is 0.364. The molecule has 0 spiro atoms. The van der Waals surface area contributed by atoms with Crippen molar-refractivity contribution in [1.82, 2.24) is 0 Å². The fraction of sp³-hybridized carbons (Fsp3) is 0.0952. The molecule has 0 aliphatic rings.